The van der Waals surface area contributed by atoms with Gasteiger partial charge in [0.15, 0.2) is 11.3 Å². The van der Waals surface area contributed by atoms with Gasteiger partial charge < -0.3 is 19.6 Å². The Hall–Kier alpha value is -3.46. The fourth-order valence-corrected chi connectivity index (χ4v) is 6.70. The van der Waals surface area contributed by atoms with Crippen LogP contribution in [0.5, 0.6) is 5.88 Å². The van der Waals surface area contributed by atoms with Crippen LogP contribution in [-0.2, 0) is 0 Å². The van der Waals surface area contributed by atoms with Gasteiger partial charge in [0.05, 0.1) is 17.5 Å². The van der Waals surface area contributed by atoms with Crippen molar-refractivity contribution in [3.05, 3.63) is 41.6 Å². The first-order valence-corrected chi connectivity index (χ1v) is 14.2. The number of amides is 1. The Morgan fingerprint density at radius 3 is 2.28 bits per heavy atom. The summed E-state index contributed by atoms with van der Waals surface area (Å²) in [6, 6.07) is 9.25. The van der Waals surface area contributed by atoms with Gasteiger partial charge in [-0.1, -0.05) is 31.4 Å². The molecule has 9 heteroatoms. The maximum atomic E-state index is 13.3. The maximum Gasteiger partial charge on any atom is 0.354 e. The highest BCUT2D eigenvalue weighted by molar-refractivity contribution is 6.01. The van der Waals surface area contributed by atoms with Crippen LogP contribution in [-0.4, -0.2) is 80.9 Å². The van der Waals surface area contributed by atoms with Crippen LogP contribution in [0, 0.1) is 11.8 Å². The number of carbonyl (C=O) groups excluding carboxylic acids is 1. The van der Waals surface area contributed by atoms with E-state index in [1.165, 1.54) is 6.42 Å². The normalized spacial score (nSPS) is 22.1. The molecule has 1 aliphatic carbocycles. The number of hydrogen-bond donors (Lipinski definition) is 1. The maximum absolute atomic E-state index is 13.3. The van der Waals surface area contributed by atoms with E-state index in [2.05, 4.69) is 16.9 Å². The van der Waals surface area contributed by atoms with Crippen LogP contribution < -0.4 is 4.74 Å². The highest BCUT2D eigenvalue weighted by atomic mass is 16.5. The van der Waals surface area contributed by atoms with Crippen LogP contribution >= 0.6 is 0 Å². The molecule has 3 aromatic rings. The second-order valence-electron chi connectivity index (χ2n) is 11.8. The molecule has 3 fully saturated rings. The van der Waals surface area contributed by atoms with Gasteiger partial charge in [-0.05, 0) is 69.3 Å². The number of hydrogen-bond acceptors (Lipinski definition) is 6. The zero-order valence-corrected chi connectivity index (χ0v) is 23.0. The van der Waals surface area contributed by atoms with Crippen molar-refractivity contribution < 1.29 is 19.4 Å². The lowest BCUT2D eigenvalue weighted by Crippen LogP contribution is -2.32. The van der Waals surface area contributed by atoms with Gasteiger partial charge in [-0.15, -0.1) is 5.10 Å². The molecule has 3 aliphatic rings. The van der Waals surface area contributed by atoms with Crippen LogP contribution in [0.25, 0.3) is 22.2 Å². The van der Waals surface area contributed by atoms with Gasteiger partial charge in [0.1, 0.15) is 0 Å². The number of benzene rings is 1. The number of pyridine rings is 1. The summed E-state index contributed by atoms with van der Waals surface area (Å²) in [5.74, 6) is 0.547. The predicted molar refractivity (Wildman–Crippen MR) is 148 cm³/mol. The minimum Gasteiger partial charge on any atom is -0.477 e. The van der Waals surface area contributed by atoms with Crippen molar-refractivity contribution in [2.75, 3.05) is 33.2 Å². The van der Waals surface area contributed by atoms with Gasteiger partial charge in [0.2, 0.25) is 5.88 Å². The van der Waals surface area contributed by atoms with E-state index in [9.17, 15) is 14.7 Å². The summed E-state index contributed by atoms with van der Waals surface area (Å²) in [5.41, 5.74) is 2.67. The molecule has 206 valence electrons. The molecule has 2 aliphatic heterocycles. The highest BCUT2D eigenvalue weighted by Crippen LogP contribution is 2.39. The second kappa shape index (κ2) is 10.3. The molecular formula is C30H37N5O4. The molecule has 0 radical (unpaired) electrons. The first-order chi connectivity index (χ1) is 18.8. The molecule has 0 bridgehead atoms. The standard InChI is InChI=1S/C30H37N5O4/c1-18(2)39-28-26-24(13-25(30(37)38)31-27(26)35(32-28)23-7-5-4-6-8-23)19-9-11-20(12-10-19)29(36)34-16-21-14-33(3)15-22(21)17-34/h9-13,18,21-23H,4-8,14-17H2,1-3H3,(H,37,38). The molecule has 2 unspecified atom stereocenters. The Morgan fingerprint density at radius 1 is 1.00 bits per heavy atom. The summed E-state index contributed by atoms with van der Waals surface area (Å²) in [6.07, 6.45) is 5.29. The summed E-state index contributed by atoms with van der Waals surface area (Å²) in [4.78, 5) is 34.3. The number of aromatic carboxylic acids is 1. The van der Waals surface area contributed by atoms with Gasteiger partial charge in [-0.2, -0.15) is 0 Å². The van der Waals surface area contributed by atoms with Gasteiger partial charge in [-0.3, -0.25) is 4.79 Å². The third-order valence-corrected chi connectivity index (χ3v) is 8.52. The lowest BCUT2D eigenvalue weighted by molar-refractivity contribution is 0.0690. The quantitative estimate of drug-likeness (QED) is 0.491. The molecule has 4 heterocycles. The summed E-state index contributed by atoms with van der Waals surface area (Å²) >= 11 is 0. The van der Waals surface area contributed by atoms with E-state index < -0.39 is 5.97 Å². The van der Waals surface area contributed by atoms with E-state index in [0.717, 1.165) is 62.8 Å². The molecular weight excluding hydrogens is 494 g/mol. The highest BCUT2D eigenvalue weighted by Gasteiger charge is 2.40. The average Bonchev–Trinajstić information content (AvgIpc) is 3.59. The van der Waals surface area contributed by atoms with Crippen molar-refractivity contribution in [3.63, 3.8) is 0 Å². The van der Waals surface area contributed by atoms with Crippen molar-refractivity contribution in [2.24, 2.45) is 11.8 Å². The van der Waals surface area contributed by atoms with Crippen LogP contribution in [0.1, 0.15) is 72.8 Å². The van der Waals surface area contributed by atoms with Crippen molar-refractivity contribution in [1.29, 1.82) is 0 Å². The largest absolute Gasteiger partial charge is 0.477 e. The molecule has 2 aromatic heterocycles. The molecule has 2 saturated heterocycles. The van der Waals surface area contributed by atoms with Gasteiger partial charge in [0.25, 0.3) is 5.91 Å². The molecule has 2 atom stereocenters. The second-order valence-corrected chi connectivity index (χ2v) is 11.8. The molecule has 39 heavy (non-hydrogen) atoms. The third-order valence-electron chi connectivity index (χ3n) is 8.52. The number of carboxylic acid groups (broad SMARTS) is 1. The van der Waals surface area contributed by atoms with E-state index in [1.807, 2.05) is 47.7 Å². The van der Waals surface area contributed by atoms with Crippen molar-refractivity contribution in [3.8, 4) is 17.0 Å². The summed E-state index contributed by atoms with van der Waals surface area (Å²) in [7, 11) is 2.14. The van der Waals surface area contributed by atoms with E-state index in [1.54, 1.807) is 6.07 Å². The van der Waals surface area contributed by atoms with Crippen LogP contribution in [0.4, 0.5) is 0 Å². The molecule has 1 N–H and O–H groups in total. The number of aromatic nitrogens is 3. The number of nitrogens with zero attached hydrogens (tertiary/aromatic N) is 5. The Labute approximate surface area is 228 Å². The number of carboxylic acids is 1. The van der Waals surface area contributed by atoms with E-state index in [4.69, 9.17) is 9.84 Å². The minimum absolute atomic E-state index is 0.0284. The predicted octanol–water partition coefficient (Wildman–Crippen LogP) is 4.72. The molecule has 1 saturated carbocycles. The van der Waals surface area contributed by atoms with Crippen LogP contribution in [0.3, 0.4) is 0 Å². The summed E-state index contributed by atoms with van der Waals surface area (Å²) < 4.78 is 8.04. The van der Waals surface area contributed by atoms with E-state index in [-0.39, 0.29) is 23.7 Å². The van der Waals surface area contributed by atoms with E-state index >= 15 is 0 Å². The Morgan fingerprint density at radius 2 is 1.67 bits per heavy atom. The summed E-state index contributed by atoms with van der Waals surface area (Å²) in [6.45, 7) is 7.61. The van der Waals surface area contributed by atoms with Crippen molar-refractivity contribution in [2.45, 2.75) is 58.1 Å². The zero-order valence-electron chi connectivity index (χ0n) is 23.0. The lowest BCUT2D eigenvalue weighted by atomic mass is 9.95. The molecule has 9 nitrogen and oxygen atoms in total. The topological polar surface area (TPSA) is 101 Å². The summed E-state index contributed by atoms with van der Waals surface area (Å²) in [5, 5.41) is 15.5. The molecule has 1 amide bonds. The fourth-order valence-electron chi connectivity index (χ4n) is 6.70. The average molecular weight is 532 g/mol. The Bertz CT molecular complexity index is 1380. The van der Waals surface area contributed by atoms with Gasteiger partial charge >= 0.3 is 5.97 Å². The SMILES string of the molecule is CC(C)Oc1nn(C2CCCCC2)c2nc(C(=O)O)cc(-c3ccc(C(=O)N4CC5CN(C)CC5C4)cc3)c12. The minimum atomic E-state index is -1.09. The smallest absolute Gasteiger partial charge is 0.354 e. The van der Waals surface area contributed by atoms with Crippen LogP contribution in [0.15, 0.2) is 30.3 Å². The van der Waals surface area contributed by atoms with E-state index in [0.29, 0.717) is 34.5 Å². The number of carbonyl (C=O) groups is 2. The Kier molecular flexibility index (Phi) is 6.79. The first kappa shape index (κ1) is 25.8. The number of rotatable bonds is 6. The third kappa shape index (κ3) is 4.88. The zero-order chi connectivity index (χ0) is 27.3. The molecule has 0 spiro atoms. The lowest BCUT2D eigenvalue weighted by Gasteiger charge is -2.22. The van der Waals surface area contributed by atoms with Crippen LogP contribution in [0.2, 0.25) is 0 Å². The van der Waals surface area contributed by atoms with Crippen molar-refractivity contribution in [1.82, 2.24) is 24.6 Å². The molecule has 1 aromatic carbocycles. The van der Waals surface area contributed by atoms with Crippen molar-refractivity contribution >= 4 is 22.9 Å². The molecule has 6 rings (SSSR count). The van der Waals surface area contributed by atoms with Gasteiger partial charge in [-0.25, -0.2) is 14.5 Å². The number of fused-ring (bicyclic) bond motifs is 2. The number of likely N-dealkylation sites (tertiary alicyclic amines) is 2. The van der Waals surface area contributed by atoms with Gasteiger partial charge in [0, 0.05) is 37.3 Å². The number of ether oxygens (including phenoxy) is 1. The first-order valence-electron chi connectivity index (χ1n) is 14.2. The monoisotopic (exact) mass is 531 g/mol. The fraction of sp³-hybridized carbons (Fsp3) is 0.533. The Balaban J connectivity index is 1.38.